The summed E-state index contributed by atoms with van der Waals surface area (Å²) in [6, 6.07) is 4.27. The van der Waals surface area contributed by atoms with Crippen molar-refractivity contribution in [2.75, 3.05) is 26.2 Å². The number of aryl methyl sites for hydroxylation is 2. The van der Waals surface area contributed by atoms with Gasteiger partial charge in [-0.05, 0) is 31.7 Å². The number of thiophene rings is 1. The number of carbonyl (C=O) groups excluding carboxylic acids is 1. The normalized spacial score (nSPS) is 16.5. The van der Waals surface area contributed by atoms with Crippen LogP contribution in [0.1, 0.15) is 28.3 Å². The molecule has 0 unspecified atom stereocenters. The van der Waals surface area contributed by atoms with Crippen molar-refractivity contribution in [2.45, 2.75) is 33.2 Å². The van der Waals surface area contributed by atoms with E-state index in [1.165, 1.54) is 4.88 Å². The maximum Gasteiger partial charge on any atom is 0.227 e. The van der Waals surface area contributed by atoms with Gasteiger partial charge in [0.05, 0.1) is 12.1 Å². The molecule has 2 aromatic rings. The fraction of sp³-hybridized carbons (Fsp3) is 0.529. The van der Waals surface area contributed by atoms with E-state index >= 15 is 0 Å². The van der Waals surface area contributed by atoms with Gasteiger partial charge in [0.1, 0.15) is 5.76 Å². The SMILES string of the molecule is Cc1noc(C)c1CC(=O)N1CCCN(Cc2cccs2)CC1. The van der Waals surface area contributed by atoms with Crippen molar-refractivity contribution in [2.24, 2.45) is 0 Å². The van der Waals surface area contributed by atoms with Crippen LogP contribution in [0.4, 0.5) is 0 Å². The molecule has 1 amide bonds. The lowest BCUT2D eigenvalue weighted by Crippen LogP contribution is -2.36. The Bertz CT molecular complexity index is 631. The van der Waals surface area contributed by atoms with Gasteiger partial charge < -0.3 is 9.42 Å². The summed E-state index contributed by atoms with van der Waals surface area (Å²) in [6.07, 6.45) is 1.42. The number of carbonyl (C=O) groups is 1. The summed E-state index contributed by atoms with van der Waals surface area (Å²) in [5, 5.41) is 6.05. The summed E-state index contributed by atoms with van der Waals surface area (Å²) in [7, 11) is 0. The van der Waals surface area contributed by atoms with Gasteiger partial charge in [-0.15, -0.1) is 11.3 Å². The molecule has 0 N–H and O–H groups in total. The van der Waals surface area contributed by atoms with Crippen LogP contribution < -0.4 is 0 Å². The van der Waals surface area contributed by atoms with Gasteiger partial charge in [0.25, 0.3) is 0 Å². The van der Waals surface area contributed by atoms with Gasteiger partial charge in [0, 0.05) is 43.2 Å². The molecule has 0 saturated carbocycles. The highest BCUT2D eigenvalue weighted by molar-refractivity contribution is 7.09. The highest BCUT2D eigenvalue weighted by Crippen LogP contribution is 2.16. The fourth-order valence-electron chi connectivity index (χ4n) is 3.02. The summed E-state index contributed by atoms with van der Waals surface area (Å²) in [6.45, 7) is 8.37. The molecular weight excluding hydrogens is 310 g/mol. The second-order valence-corrected chi connectivity index (χ2v) is 7.10. The van der Waals surface area contributed by atoms with Gasteiger partial charge in [0.15, 0.2) is 0 Å². The predicted molar refractivity (Wildman–Crippen MR) is 90.5 cm³/mol. The molecule has 2 aromatic heterocycles. The quantitative estimate of drug-likeness (QED) is 0.863. The number of hydrogen-bond acceptors (Lipinski definition) is 5. The molecule has 124 valence electrons. The summed E-state index contributed by atoms with van der Waals surface area (Å²) < 4.78 is 5.16. The zero-order valence-corrected chi connectivity index (χ0v) is 14.6. The molecule has 3 rings (SSSR count). The van der Waals surface area contributed by atoms with Crippen molar-refractivity contribution < 1.29 is 9.32 Å². The van der Waals surface area contributed by atoms with Gasteiger partial charge in [-0.1, -0.05) is 11.2 Å². The summed E-state index contributed by atoms with van der Waals surface area (Å²) in [5.41, 5.74) is 1.76. The van der Waals surface area contributed by atoms with E-state index in [0.29, 0.717) is 6.42 Å². The van der Waals surface area contributed by atoms with Crippen molar-refractivity contribution in [1.29, 1.82) is 0 Å². The van der Waals surface area contributed by atoms with Crippen LogP contribution in [0.2, 0.25) is 0 Å². The molecule has 0 aromatic carbocycles. The minimum Gasteiger partial charge on any atom is -0.361 e. The van der Waals surface area contributed by atoms with Crippen LogP contribution >= 0.6 is 11.3 Å². The smallest absolute Gasteiger partial charge is 0.227 e. The first kappa shape index (κ1) is 16.2. The van der Waals surface area contributed by atoms with Gasteiger partial charge in [-0.3, -0.25) is 9.69 Å². The lowest BCUT2D eigenvalue weighted by atomic mass is 10.1. The van der Waals surface area contributed by atoms with E-state index in [1.807, 2.05) is 18.7 Å². The predicted octanol–water partition coefficient (Wildman–Crippen LogP) is 2.63. The molecule has 5 nitrogen and oxygen atoms in total. The van der Waals surface area contributed by atoms with Crippen molar-refractivity contribution in [1.82, 2.24) is 15.0 Å². The number of aromatic nitrogens is 1. The second-order valence-electron chi connectivity index (χ2n) is 6.07. The Hall–Kier alpha value is -1.66. The number of amides is 1. The van der Waals surface area contributed by atoms with E-state index in [9.17, 15) is 4.79 Å². The maximum absolute atomic E-state index is 12.6. The topological polar surface area (TPSA) is 49.6 Å². The van der Waals surface area contributed by atoms with E-state index in [2.05, 4.69) is 27.6 Å². The monoisotopic (exact) mass is 333 g/mol. The van der Waals surface area contributed by atoms with Crippen LogP contribution in [0.15, 0.2) is 22.0 Å². The molecule has 1 aliphatic rings. The van der Waals surface area contributed by atoms with Crippen LogP contribution in [0.5, 0.6) is 0 Å². The standard InChI is InChI=1S/C17H23N3O2S/c1-13-16(14(2)22-18-13)11-17(21)20-7-4-6-19(8-9-20)12-15-5-3-10-23-15/h3,5,10H,4,6-9,11-12H2,1-2H3. The second kappa shape index (κ2) is 7.27. The van der Waals surface area contributed by atoms with Crippen LogP contribution in [-0.2, 0) is 17.8 Å². The molecule has 0 spiro atoms. The van der Waals surface area contributed by atoms with Crippen molar-refractivity contribution >= 4 is 17.2 Å². The Morgan fingerprint density at radius 2 is 2.17 bits per heavy atom. The van der Waals surface area contributed by atoms with E-state index in [1.54, 1.807) is 11.3 Å². The molecule has 0 radical (unpaired) electrons. The first-order valence-electron chi connectivity index (χ1n) is 8.08. The molecule has 1 aliphatic heterocycles. The van der Waals surface area contributed by atoms with Crippen molar-refractivity contribution in [3.05, 3.63) is 39.4 Å². The zero-order chi connectivity index (χ0) is 16.2. The highest BCUT2D eigenvalue weighted by Gasteiger charge is 2.22. The first-order valence-corrected chi connectivity index (χ1v) is 8.95. The lowest BCUT2D eigenvalue weighted by Gasteiger charge is -2.21. The van der Waals surface area contributed by atoms with E-state index in [0.717, 1.165) is 56.2 Å². The first-order chi connectivity index (χ1) is 11.1. The number of hydrogen-bond donors (Lipinski definition) is 0. The van der Waals surface area contributed by atoms with Gasteiger partial charge in [0.2, 0.25) is 5.91 Å². The Morgan fingerprint density at radius 3 is 2.87 bits per heavy atom. The molecule has 1 saturated heterocycles. The van der Waals surface area contributed by atoms with Crippen LogP contribution in [0.3, 0.4) is 0 Å². The molecule has 1 fully saturated rings. The Kier molecular flexibility index (Phi) is 5.13. The third kappa shape index (κ3) is 4.00. The average Bonchev–Trinajstić information content (AvgIpc) is 3.07. The lowest BCUT2D eigenvalue weighted by molar-refractivity contribution is -0.130. The maximum atomic E-state index is 12.6. The van der Waals surface area contributed by atoms with Gasteiger partial charge in [-0.2, -0.15) is 0 Å². The van der Waals surface area contributed by atoms with Crippen LogP contribution in [-0.4, -0.2) is 47.0 Å². The molecule has 0 atom stereocenters. The van der Waals surface area contributed by atoms with Gasteiger partial charge >= 0.3 is 0 Å². The highest BCUT2D eigenvalue weighted by atomic mass is 32.1. The van der Waals surface area contributed by atoms with E-state index < -0.39 is 0 Å². The Labute approximate surface area is 140 Å². The molecule has 3 heterocycles. The molecular formula is C17H23N3O2S. The fourth-order valence-corrected chi connectivity index (χ4v) is 3.76. The van der Waals surface area contributed by atoms with Crippen LogP contribution in [0, 0.1) is 13.8 Å². The average molecular weight is 333 g/mol. The summed E-state index contributed by atoms with van der Waals surface area (Å²) in [4.78, 5) is 18.4. The number of rotatable bonds is 4. The van der Waals surface area contributed by atoms with Crippen molar-refractivity contribution in [3.63, 3.8) is 0 Å². The molecule has 6 heteroatoms. The molecule has 23 heavy (non-hydrogen) atoms. The third-order valence-electron chi connectivity index (χ3n) is 4.41. The minimum absolute atomic E-state index is 0.178. The van der Waals surface area contributed by atoms with Crippen LogP contribution in [0.25, 0.3) is 0 Å². The van der Waals surface area contributed by atoms with Crippen molar-refractivity contribution in [3.8, 4) is 0 Å². The van der Waals surface area contributed by atoms with E-state index in [4.69, 9.17) is 4.52 Å². The summed E-state index contributed by atoms with van der Waals surface area (Å²) >= 11 is 1.80. The zero-order valence-electron chi connectivity index (χ0n) is 13.7. The summed E-state index contributed by atoms with van der Waals surface area (Å²) in [5.74, 6) is 0.933. The minimum atomic E-state index is 0.178. The number of nitrogens with zero attached hydrogens (tertiary/aromatic N) is 3. The molecule has 0 bridgehead atoms. The molecule has 0 aliphatic carbocycles. The van der Waals surface area contributed by atoms with Gasteiger partial charge in [-0.25, -0.2) is 0 Å². The Morgan fingerprint density at radius 1 is 1.30 bits per heavy atom. The third-order valence-corrected chi connectivity index (χ3v) is 5.27. The largest absolute Gasteiger partial charge is 0.361 e. The Balaban J connectivity index is 1.56. The van der Waals surface area contributed by atoms with E-state index in [-0.39, 0.29) is 5.91 Å².